The molecule has 0 aliphatic carbocycles. The molecule has 4 heterocycles. The van der Waals surface area contributed by atoms with Crippen LogP contribution < -0.4 is 15.0 Å². The number of rotatable bonds is 4. The highest BCUT2D eigenvalue weighted by Gasteiger charge is 2.24. The van der Waals surface area contributed by atoms with Crippen molar-refractivity contribution < 1.29 is 14.3 Å². The summed E-state index contributed by atoms with van der Waals surface area (Å²) >= 11 is 4.94. The predicted octanol–water partition coefficient (Wildman–Crippen LogP) is 2.28. The lowest BCUT2D eigenvalue weighted by atomic mass is 10.3. The number of carbonyl (C=O) groups excluding carboxylic acids is 1. The summed E-state index contributed by atoms with van der Waals surface area (Å²) in [4.78, 5) is 23.7. The molecule has 0 saturated carbocycles. The number of hydrogen-bond acceptors (Lipinski definition) is 8. The molecule has 1 amide bonds. The third-order valence-electron chi connectivity index (χ3n) is 4.15. The van der Waals surface area contributed by atoms with Crippen LogP contribution in [0.3, 0.4) is 0 Å². The van der Waals surface area contributed by atoms with Crippen LogP contribution in [0.15, 0.2) is 17.0 Å². The van der Waals surface area contributed by atoms with Crippen LogP contribution in [0.2, 0.25) is 0 Å². The van der Waals surface area contributed by atoms with Gasteiger partial charge >= 0.3 is 0 Å². The molecule has 9 nitrogen and oxygen atoms in total. The molecule has 1 saturated heterocycles. The largest absolute Gasteiger partial charge is 0.479 e. The van der Waals surface area contributed by atoms with Gasteiger partial charge in [0.2, 0.25) is 5.88 Å². The van der Waals surface area contributed by atoms with Crippen molar-refractivity contribution in [3.63, 3.8) is 0 Å². The summed E-state index contributed by atoms with van der Waals surface area (Å²) in [6, 6.07) is 0. The second kappa shape index (κ2) is 7.41. The van der Waals surface area contributed by atoms with Gasteiger partial charge in [0.05, 0.1) is 42.5 Å². The molecule has 11 heteroatoms. The van der Waals surface area contributed by atoms with E-state index in [1.54, 1.807) is 25.0 Å². The van der Waals surface area contributed by atoms with Gasteiger partial charge in [0.25, 0.3) is 5.91 Å². The predicted molar refractivity (Wildman–Crippen MR) is 106 cm³/mol. The topological polar surface area (TPSA) is 94.4 Å². The number of carbonyl (C=O) groups is 1. The average molecular weight is 453 g/mol. The maximum absolute atomic E-state index is 12.4. The van der Waals surface area contributed by atoms with Gasteiger partial charge in [0.15, 0.2) is 5.13 Å². The van der Waals surface area contributed by atoms with E-state index >= 15 is 0 Å². The highest BCUT2D eigenvalue weighted by Crippen LogP contribution is 2.42. The summed E-state index contributed by atoms with van der Waals surface area (Å²) in [5.74, 6) is 0.146. The summed E-state index contributed by atoms with van der Waals surface area (Å²) in [6.45, 7) is 2.83. The number of morpholine rings is 1. The van der Waals surface area contributed by atoms with Gasteiger partial charge in [-0.05, 0) is 15.9 Å². The lowest BCUT2D eigenvalue weighted by Gasteiger charge is -2.29. The number of amides is 1. The molecule has 1 aliphatic rings. The summed E-state index contributed by atoms with van der Waals surface area (Å²) in [6.07, 6.45) is 3.17. The van der Waals surface area contributed by atoms with Crippen molar-refractivity contribution in [2.45, 2.75) is 0 Å². The number of nitrogens with one attached hydrogen (secondary N) is 1. The SMILES string of the molecule is COc1nc(Br)c(N2CCOCC2)c2sc(NC(=O)c3cnn(C)c3)nc12. The first kappa shape index (κ1) is 18.1. The number of fused-ring (bicyclic) bond motifs is 1. The van der Waals surface area contributed by atoms with E-state index in [9.17, 15) is 4.79 Å². The number of anilines is 2. The summed E-state index contributed by atoms with van der Waals surface area (Å²) < 4.78 is 14.0. The molecule has 0 unspecified atom stereocenters. The third kappa shape index (κ3) is 3.49. The van der Waals surface area contributed by atoms with E-state index in [1.807, 2.05) is 0 Å². The van der Waals surface area contributed by atoms with Crippen LogP contribution in [0, 0.1) is 0 Å². The van der Waals surface area contributed by atoms with E-state index in [0.29, 0.717) is 39.9 Å². The first-order valence-electron chi connectivity index (χ1n) is 8.23. The van der Waals surface area contributed by atoms with Crippen LogP contribution in [0.5, 0.6) is 5.88 Å². The quantitative estimate of drug-likeness (QED) is 0.606. The average Bonchev–Trinajstić information content (AvgIpc) is 3.28. The second-order valence-corrected chi connectivity index (χ2v) is 7.66. The number of aryl methyl sites for hydroxylation is 1. The van der Waals surface area contributed by atoms with Crippen LogP contribution in [-0.4, -0.2) is 59.1 Å². The van der Waals surface area contributed by atoms with Gasteiger partial charge in [0.1, 0.15) is 10.1 Å². The molecule has 0 spiro atoms. The van der Waals surface area contributed by atoms with Crippen molar-refractivity contribution in [2.24, 2.45) is 7.05 Å². The van der Waals surface area contributed by atoms with Crippen LogP contribution in [0.25, 0.3) is 10.2 Å². The molecule has 0 bridgehead atoms. The van der Waals surface area contributed by atoms with Crippen molar-refractivity contribution in [3.8, 4) is 5.88 Å². The molecule has 1 aliphatic heterocycles. The summed E-state index contributed by atoms with van der Waals surface area (Å²) in [5, 5.41) is 7.33. The van der Waals surface area contributed by atoms with E-state index in [1.165, 1.54) is 17.5 Å². The number of halogens is 1. The Hall–Kier alpha value is -2.24. The third-order valence-corrected chi connectivity index (χ3v) is 5.68. The number of hydrogen-bond donors (Lipinski definition) is 1. The molecule has 0 atom stereocenters. The number of thiazole rings is 1. The molecule has 27 heavy (non-hydrogen) atoms. The first-order chi connectivity index (χ1) is 13.1. The number of methoxy groups -OCH3 is 1. The smallest absolute Gasteiger partial charge is 0.260 e. The van der Waals surface area contributed by atoms with Crippen molar-refractivity contribution in [1.82, 2.24) is 19.7 Å². The van der Waals surface area contributed by atoms with E-state index in [4.69, 9.17) is 9.47 Å². The zero-order valence-electron chi connectivity index (χ0n) is 14.7. The lowest BCUT2D eigenvalue weighted by Crippen LogP contribution is -2.36. The van der Waals surface area contributed by atoms with Crippen molar-refractivity contribution in [2.75, 3.05) is 43.6 Å². The van der Waals surface area contributed by atoms with Crippen molar-refractivity contribution in [1.29, 1.82) is 0 Å². The Balaban J connectivity index is 1.74. The Labute approximate surface area is 167 Å². The summed E-state index contributed by atoms with van der Waals surface area (Å²) in [5.41, 5.74) is 2.03. The zero-order chi connectivity index (χ0) is 19.0. The van der Waals surface area contributed by atoms with Crippen LogP contribution in [-0.2, 0) is 11.8 Å². The number of pyridine rings is 1. The fraction of sp³-hybridized carbons (Fsp3) is 0.375. The normalized spacial score (nSPS) is 14.6. The van der Waals surface area contributed by atoms with Gasteiger partial charge in [-0.1, -0.05) is 11.3 Å². The standard InChI is InChI=1S/C16H17BrN6O3S/c1-22-8-9(7-18-22)14(24)21-16-19-10-12(27-16)11(13(17)20-15(10)25-2)23-3-5-26-6-4-23/h7-8H,3-6H2,1-2H3,(H,19,21,24). The monoisotopic (exact) mass is 452 g/mol. The molecule has 142 valence electrons. The Morgan fingerprint density at radius 2 is 2.15 bits per heavy atom. The Morgan fingerprint density at radius 1 is 1.37 bits per heavy atom. The number of ether oxygens (including phenoxy) is 2. The molecule has 1 N–H and O–H groups in total. The molecular weight excluding hydrogens is 436 g/mol. The minimum absolute atomic E-state index is 0.263. The van der Waals surface area contributed by atoms with Crippen molar-refractivity contribution >= 4 is 54.2 Å². The Morgan fingerprint density at radius 3 is 2.81 bits per heavy atom. The first-order valence-corrected chi connectivity index (χ1v) is 9.84. The fourth-order valence-electron chi connectivity index (χ4n) is 2.88. The van der Waals surface area contributed by atoms with E-state index < -0.39 is 0 Å². The molecular formula is C16H17BrN6O3S. The van der Waals surface area contributed by atoms with Crippen LogP contribution in [0.4, 0.5) is 10.8 Å². The van der Waals surface area contributed by atoms with Gasteiger partial charge in [-0.2, -0.15) is 5.10 Å². The minimum atomic E-state index is -0.263. The van der Waals surface area contributed by atoms with E-state index in [0.717, 1.165) is 23.5 Å². The van der Waals surface area contributed by atoms with E-state index in [-0.39, 0.29) is 5.91 Å². The Bertz CT molecular complexity index is 998. The molecule has 0 aromatic carbocycles. The molecule has 3 aromatic rings. The van der Waals surface area contributed by atoms with Gasteiger partial charge in [-0.25, -0.2) is 9.97 Å². The Kier molecular flexibility index (Phi) is 4.98. The minimum Gasteiger partial charge on any atom is -0.479 e. The van der Waals surface area contributed by atoms with Gasteiger partial charge in [-0.3, -0.25) is 14.8 Å². The highest BCUT2D eigenvalue weighted by atomic mass is 79.9. The molecule has 4 rings (SSSR count). The molecule has 1 fully saturated rings. The highest BCUT2D eigenvalue weighted by molar-refractivity contribution is 9.10. The number of nitrogens with zero attached hydrogens (tertiary/aromatic N) is 5. The molecule has 0 radical (unpaired) electrons. The van der Waals surface area contributed by atoms with Crippen LogP contribution >= 0.6 is 27.3 Å². The maximum Gasteiger partial charge on any atom is 0.260 e. The van der Waals surface area contributed by atoms with Gasteiger partial charge < -0.3 is 14.4 Å². The van der Waals surface area contributed by atoms with Gasteiger partial charge in [0, 0.05) is 26.3 Å². The zero-order valence-corrected chi connectivity index (χ0v) is 17.1. The van der Waals surface area contributed by atoms with Gasteiger partial charge in [-0.15, -0.1) is 0 Å². The number of aromatic nitrogens is 4. The maximum atomic E-state index is 12.4. The lowest BCUT2D eigenvalue weighted by molar-refractivity contribution is 0.102. The molecule has 3 aromatic heterocycles. The fourth-order valence-corrected chi connectivity index (χ4v) is 4.65. The van der Waals surface area contributed by atoms with Crippen molar-refractivity contribution in [3.05, 3.63) is 22.6 Å². The van der Waals surface area contributed by atoms with Crippen LogP contribution in [0.1, 0.15) is 10.4 Å². The second-order valence-electron chi connectivity index (χ2n) is 5.91. The summed E-state index contributed by atoms with van der Waals surface area (Å²) in [7, 11) is 3.31. The van der Waals surface area contributed by atoms with E-state index in [2.05, 4.69) is 41.2 Å².